The van der Waals surface area contributed by atoms with Gasteiger partial charge in [-0.25, -0.2) is 9.98 Å². The smallest absolute Gasteiger partial charge is 0.209 e. The van der Waals surface area contributed by atoms with Crippen molar-refractivity contribution >= 4 is 22.7 Å². The number of hydrogen-bond donors (Lipinski definition) is 1. The fraction of sp³-hybridized carbons (Fsp3) is 0.444. The van der Waals surface area contributed by atoms with E-state index >= 15 is 0 Å². The van der Waals surface area contributed by atoms with Gasteiger partial charge in [0.2, 0.25) is 11.8 Å². The van der Waals surface area contributed by atoms with Crippen LogP contribution < -0.4 is 0 Å². The summed E-state index contributed by atoms with van der Waals surface area (Å²) in [6, 6.07) is 8.04. The molecule has 5 heteroatoms. The van der Waals surface area contributed by atoms with E-state index in [4.69, 9.17) is 19.5 Å². The highest BCUT2D eigenvalue weighted by molar-refractivity contribution is 5.94. The van der Waals surface area contributed by atoms with Crippen molar-refractivity contribution in [3.63, 3.8) is 0 Å². The van der Waals surface area contributed by atoms with Crippen LogP contribution in [0.3, 0.4) is 0 Å². The summed E-state index contributed by atoms with van der Waals surface area (Å²) in [5.41, 5.74) is 2.34. The predicted molar refractivity (Wildman–Crippen MR) is 93.3 cm³/mol. The molecule has 1 aliphatic rings. The molecular formula is C18H23N3O2. The van der Waals surface area contributed by atoms with Crippen LogP contribution in [0.25, 0.3) is 10.9 Å². The van der Waals surface area contributed by atoms with Gasteiger partial charge in [0.05, 0.1) is 14.2 Å². The molecule has 0 unspecified atom stereocenters. The van der Waals surface area contributed by atoms with Crippen molar-refractivity contribution in [3.05, 3.63) is 36.0 Å². The fourth-order valence-electron chi connectivity index (χ4n) is 3.00. The number of fused-ring (bicyclic) bond motifs is 1. The molecule has 0 aliphatic carbocycles. The van der Waals surface area contributed by atoms with Crippen molar-refractivity contribution in [2.45, 2.75) is 32.4 Å². The molecule has 2 atom stereocenters. The maximum Gasteiger partial charge on any atom is 0.209 e. The summed E-state index contributed by atoms with van der Waals surface area (Å²) >= 11 is 0. The number of aliphatic imine (C=N–C) groups is 2. The zero-order valence-electron chi connectivity index (χ0n) is 14.0. The monoisotopic (exact) mass is 313 g/mol. The SMILES string of the molecule is COC1=N[C@H](C(C)C)C(OC)=N[C@H]1Cc1c[nH]c2ccccc12. The van der Waals surface area contributed by atoms with Gasteiger partial charge in [0.15, 0.2) is 0 Å². The lowest BCUT2D eigenvalue weighted by atomic mass is 10.0. The van der Waals surface area contributed by atoms with Crippen LogP contribution in [-0.4, -0.2) is 43.1 Å². The molecule has 3 rings (SSSR count). The van der Waals surface area contributed by atoms with E-state index in [0.29, 0.717) is 17.7 Å². The maximum atomic E-state index is 5.51. The van der Waals surface area contributed by atoms with Gasteiger partial charge in [0, 0.05) is 23.5 Å². The molecule has 0 amide bonds. The lowest BCUT2D eigenvalue weighted by Crippen LogP contribution is -2.38. The molecule has 0 saturated heterocycles. The van der Waals surface area contributed by atoms with Gasteiger partial charge in [0.25, 0.3) is 0 Å². The Kier molecular flexibility index (Phi) is 4.37. The normalized spacial score (nSPS) is 21.3. The number of nitrogens with one attached hydrogen (secondary N) is 1. The molecule has 0 spiro atoms. The third-order valence-corrected chi connectivity index (χ3v) is 4.23. The summed E-state index contributed by atoms with van der Waals surface area (Å²) in [4.78, 5) is 12.8. The van der Waals surface area contributed by atoms with Gasteiger partial charge in [-0.2, -0.15) is 0 Å². The molecule has 1 aromatic heterocycles. The molecule has 0 bridgehead atoms. The molecule has 0 saturated carbocycles. The summed E-state index contributed by atoms with van der Waals surface area (Å²) in [5.74, 6) is 1.67. The van der Waals surface area contributed by atoms with E-state index in [1.165, 1.54) is 10.9 Å². The van der Waals surface area contributed by atoms with E-state index in [9.17, 15) is 0 Å². The first kappa shape index (κ1) is 15.6. The lowest BCUT2D eigenvalue weighted by molar-refractivity contribution is 0.333. The molecule has 23 heavy (non-hydrogen) atoms. The van der Waals surface area contributed by atoms with Crippen LogP contribution in [0, 0.1) is 5.92 Å². The zero-order chi connectivity index (χ0) is 16.4. The van der Waals surface area contributed by atoms with E-state index < -0.39 is 0 Å². The number of rotatable bonds is 3. The molecule has 0 fully saturated rings. The number of aromatic amines is 1. The van der Waals surface area contributed by atoms with Gasteiger partial charge in [0.1, 0.15) is 12.1 Å². The molecule has 2 heterocycles. The molecular weight excluding hydrogens is 290 g/mol. The van der Waals surface area contributed by atoms with Crippen molar-refractivity contribution < 1.29 is 9.47 Å². The number of methoxy groups -OCH3 is 2. The minimum atomic E-state index is -0.149. The van der Waals surface area contributed by atoms with Crippen molar-refractivity contribution in [3.8, 4) is 0 Å². The van der Waals surface area contributed by atoms with E-state index in [1.54, 1.807) is 14.2 Å². The average molecular weight is 313 g/mol. The van der Waals surface area contributed by atoms with Gasteiger partial charge in [-0.1, -0.05) is 32.0 Å². The Hall–Kier alpha value is -2.30. The molecule has 1 aromatic carbocycles. The molecule has 1 N–H and O–H groups in total. The number of para-hydroxylation sites is 1. The summed E-state index contributed by atoms with van der Waals surface area (Å²) in [6.45, 7) is 4.21. The quantitative estimate of drug-likeness (QED) is 0.946. The summed E-state index contributed by atoms with van der Waals surface area (Å²) in [5, 5.41) is 1.21. The van der Waals surface area contributed by atoms with Gasteiger partial charge < -0.3 is 14.5 Å². The van der Waals surface area contributed by atoms with Crippen LogP contribution in [0.15, 0.2) is 40.4 Å². The second-order valence-electron chi connectivity index (χ2n) is 6.11. The van der Waals surface area contributed by atoms with E-state index in [-0.39, 0.29) is 12.1 Å². The number of aromatic nitrogens is 1. The Morgan fingerprint density at radius 2 is 1.83 bits per heavy atom. The number of H-pyrrole nitrogens is 1. The van der Waals surface area contributed by atoms with Crippen LogP contribution in [0.2, 0.25) is 0 Å². The topological polar surface area (TPSA) is 59.0 Å². The summed E-state index contributed by atoms with van der Waals surface area (Å²) in [7, 11) is 3.32. The second-order valence-corrected chi connectivity index (χ2v) is 6.11. The van der Waals surface area contributed by atoms with Gasteiger partial charge in [-0.05, 0) is 17.5 Å². The number of hydrogen-bond acceptors (Lipinski definition) is 4. The van der Waals surface area contributed by atoms with Crippen molar-refractivity contribution in [2.24, 2.45) is 15.9 Å². The van der Waals surface area contributed by atoms with Crippen molar-refractivity contribution in [1.29, 1.82) is 0 Å². The van der Waals surface area contributed by atoms with Crippen LogP contribution in [0.5, 0.6) is 0 Å². The fourth-order valence-corrected chi connectivity index (χ4v) is 3.00. The third kappa shape index (κ3) is 2.96. The van der Waals surface area contributed by atoms with Gasteiger partial charge in [-0.3, -0.25) is 0 Å². The van der Waals surface area contributed by atoms with Gasteiger partial charge in [-0.15, -0.1) is 0 Å². The first-order valence-corrected chi connectivity index (χ1v) is 7.92. The third-order valence-electron chi connectivity index (χ3n) is 4.23. The van der Waals surface area contributed by atoms with Crippen molar-refractivity contribution in [1.82, 2.24) is 4.98 Å². The standard InChI is InChI=1S/C18H23N3O2/c1-11(2)16-18(23-4)20-15(17(21-16)22-3)9-12-10-19-14-8-6-5-7-13(12)14/h5-8,10-11,15-16,19H,9H2,1-4H3/t15-,16+/m0/s1. The molecule has 2 aromatic rings. The average Bonchev–Trinajstić information content (AvgIpc) is 2.97. The molecule has 0 radical (unpaired) electrons. The Balaban J connectivity index is 1.92. The number of ether oxygens (including phenoxy) is 2. The van der Waals surface area contributed by atoms with E-state index in [1.807, 2.05) is 18.3 Å². The number of benzene rings is 1. The van der Waals surface area contributed by atoms with Crippen LogP contribution >= 0.6 is 0 Å². The van der Waals surface area contributed by atoms with Crippen LogP contribution in [-0.2, 0) is 15.9 Å². The first-order valence-electron chi connectivity index (χ1n) is 7.92. The Labute approximate surface area is 136 Å². The van der Waals surface area contributed by atoms with Gasteiger partial charge >= 0.3 is 0 Å². The van der Waals surface area contributed by atoms with Crippen molar-refractivity contribution in [2.75, 3.05) is 14.2 Å². The zero-order valence-corrected chi connectivity index (χ0v) is 14.0. The number of nitrogens with zero attached hydrogens (tertiary/aromatic N) is 2. The molecule has 1 aliphatic heterocycles. The van der Waals surface area contributed by atoms with E-state index in [0.717, 1.165) is 11.9 Å². The predicted octanol–water partition coefficient (Wildman–Crippen LogP) is 3.21. The first-order chi connectivity index (χ1) is 11.1. The minimum Gasteiger partial charge on any atom is -0.483 e. The highest BCUT2D eigenvalue weighted by Crippen LogP contribution is 2.23. The molecule has 122 valence electrons. The maximum absolute atomic E-state index is 5.51. The Bertz CT molecular complexity index is 746. The highest BCUT2D eigenvalue weighted by Gasteiger charge is 2.31. The second kappa shape index (κ2) is 6.44. The Morgan fingerprint density at radius 3 is 2.52 bits per heavy atom. The minimum absolute atomic E-state index is 0.0748. The van der Waals surface area contributed by atoms with Crippen LogP contribution in [0.4, 0.5) is 0 Å². The highest BCUT2D eigenvalue weighted by atomic mass is 16.5. The summed E-state index contributed by atoms with van der Waals surface area (Å²) < 4.78 is 11.0. The largest absolute Gasteiger partial charge is 0.483 e. The van der Waals surface area contributed by atoms with E-state index in [2.05, 4.69) is 31.0 Å². The summed E-state index contributed by atoms with van der Waals surface area (Å²) in [6.07, 6.45) is 2.77. The van der Waals surface area contributed by atoms with Crippen LogP contribution in [0.1, 0.15) is 19.4 Å². The Morgan fingerprint density at radius 1 is 1.09 bits per heavy atom. The lowest BCUT2D eigenvalue weighted by Gasteiger charge is -2.27. The molecule has 5 nitrogen and oxygen atoms in total.